The summed E-state index contributed by atoms with van der Waals surface area (Å²) in [5.74, 6) is -1.79. The van der Waals surface area contributed by atoms with Gasteiger partial charge in [0.05, 0.1) is 24.3 Å². The molecule has 2 aliphatic heterocycles. The molecule has 0 aromatic carbocycles. The average Bonchev–Trinajstić information content (AvgIpc) is 2.86. The van der Waals surface area contributed by atoms with Crippen molar-refractivity contribution in [2.75, 3.05) is 26.2 Å². The van der Waals surface area contributed by atoms with E-state index in [0.29, 0.717) is 13.2 Å². The summed E-state index contributed by atoms with van der Waals surface area (Å²) < 4.78 is 42.6. The van der Waals surface area contributed by atoms with E-state index in [1.807, 2.05) is 13.0 Å². The first-order valence-electron chi connectivity index (χ1n) is 8.01. The minimum absolute atomic E-state index is 0.00204. The zero-order valence-corrected chi connectivity index (χ0v) is 14.1. The SMILES string of the molecule is Cc1cc(CN2CC[C@H]3C(=O)NCCO[C@H]3C2)no1.O=C(O)C(F)(F)F. The van der Waals surface area contributed by atoms with Crippen molar-refractivity contribution in [2.45, 2.75) is 32.2 Å². The molecule has 3 heterocycles. The predicted molar refractivity (Wildman–Crippen MR) is 81.1 cm³/mol. The molecule has 146 valence electrons. The number of aryl methyl sites for hydroxylation is 1. The lowest BCUT2D eigenvalue weighted by molar-refractivity contribution is -0.192. The van der Waals surface area contributed by atoms with Crippen molar-refractivity contribution < 1.29 is 37.1 Å². The topological polar surface area (TPSA) is 105 Å². The van der Waals surface area contributed by atoms with Gasteiger partial charge in [0, 0.05) is 25.7 Å². The first-order chi connectivity index (χ1) is 12.2. The number of likely N-dealkylation sites (tertiary alicyclic amines) is 1. The lowest BCUT2D eigenvalue weighted by Crippen LogP contribution is -2.48. The van der Waals surface area contributed by atoms with Crippen molar-refractivity contribution in [1.82, 2.24) is 15.4 Å². The minimum Gasteiger partial charge on any atom is -0.475 e. The molecule has 2 atom stereocenters. The minimum atomic E-state index is -5.08. The highest BCUT2D eigenvalue weighted by Gasteiger charge is 2.38. The number of amides is 1. The van der Waals surface area contributed by atoms with Crippen LogP contribution in [0.25, 0.3) is 0 Å². The van der Waals surface area contributed by atoms with E-state index in [0.717, 1.165) is 37.5 Å². The maximum absolute atomic E-state index is 11.9. The van der Waals surface area contributed by atoms with Crippen LogP contribution in [0.4, 0.5) is 13.2 Å². The number of aromatic nitrogens is 1. The second-order valence-electron chi connectivity index (χ2n) is 6.06. The maximum Gasteiger partial charge on any atom is 0.490 e. The average molecular weight is 379 g/mol. The van der Waals surface area contributed by atoms with Gasteiger partial charge in [-0.25, -0.2) is 4.79 Å². The van der Waals surface area contributed by atoms with E-state index in [1.165, 1.54) is 0 Å². The number of halogens is 3. The summed E-state index contributed by atoms with van der Waals surface area (Å²) in [7, 11) is 0. The van der Waals surface area contributed by atoms with Gasteiger partial charge < -0.3 is 19.7 Å². The monoisotopic (exact) mass is 379 g/mol. The van der Waals surface area contributed by atoms with Crippen molar-refractivity contribution in [1.29, 1.82) is 0 Å². The van der Waals surface area contributed by atoms with Gasteiger partial charge in [0.25, 0.3) is 0 Å². The van der Waals surface area contributed by atoms with E-state index in [2.05, 4.69) is 15.4 Å². The Hall–Kier alpha value is -2.14. The highest BCUT2D eigenvalue weighted by Crippen LogP contribution is 2.23. The second kappa shape index (κ2) is 8.49. The van der Waals surface area contributed by atoms with Gasteiger partial charge in [-0.3, -0.25) is 9.69 Å². The van der Waals surface area contributed by atoms with Gasteiger partial charge in [-0.05, 0) is 19.9 Å². The first-order valence-corrected chi connectivity index (χ1v) is 8.01. The number of carboxylic acids is 1. The number of rotatable bonds is 2. The fourth-order valence-corrected chi connectivity index (χ4v) is 2.83. The molecule has 0 bridgehead atoms. The number of hydrogen-bond donors (Lipinski definition) is 2. The Bertz CT molecular complexity index is 634. The Morgan fingerprint density at radius 2 is 2.19 bits per heavy atom. The number of ether oxygens (including phenoxy) is 1. The van der Waals surface area contributed by atoms with E-state index in [-0.39, 0.29) is 17.9 Å². The standard InChI is InChI=1S/C13H19N3O3.C2HF3O2/c1-9-6-10(15-19-9)7-16-4-2-11-12(8-16)18-5-3-14-13(11)17;3-2(4,5)1(6)7/h6,11-12H,2-5,7-8H2,1H3,(H,14,17);(H,6,7)/t11-,12+;/m1./s1. The molecule has 1 amide bonds. The van der Waals surface area contributed by atoms with Crippen molar-refractivity contribution in [3.8, 4) is 0 Å². The lowest BCUT2D eigenvalue weighted by Gasteiger charge is -2.35. The van der Waals surface area contributed by atoms with Crippen LogP contribution in [0.5, 0.6) is 0 Å². The quantitative estimate of drug-likeness (QED) is 0.788. The number of hydrogen-bond acceptors (Lipinski definition) is 6. The fourth-order valence-electron chi connectivity index (χ4n) is 2.83. The van der Waals surface area contributed by atoms with Crippen molar-refractivity contribution in [3.05, 3.63) is 17.5 Å². The normalized spacial score (nSPS) is 23.9. The Kier molecular flexibility index (Phi) is 6.59. The van der Waals surface area contributed by atoms with Crippen LogP contribution in [0.3, 0.4) is 0 Å². The molecular weight excluding hydrogens is 359 g/mol. The summed E-state index contributed by atoms with van der Waals surface area (Å²) in [6, 6.07) is 1.95. The summed E-state index contributed by atoms with van der Waals surface area (Å²) in [5.41, 5.74) is 0.939. The van der Waals surface area contributed by atoms with Crippen LogP contribution in [0.2, 0.25) is 0 Å². The molecule has 0 spiro atoms. The number of piperidine rings is 1. The number of nitrogens with zero attached hydrogens (tertiary/aromatic N) is 2. The summed E-state index contributed by atoms with van der Waals surface area (Å²) >= 11 is 0. The molecule has 0 saturated carbocycles. The summed E-state index contributed by atoms with van der Waals surface area (Å²) in [6.07, 6.45) is -4.24. The number of carboxylic acid groups (broad SMARTS) is 1. The van der Waals surface area contributed by atoms with Crippen LogP contribution in [0.1, 0.15) is 17.9 Å². The van der Waals surface area contributed by atoms with Crippen molar-refractivity contribution in [3.63, 3.8) is 0 Å². The van der Waals surface area contributed by atoms with Crippen LogP contribution < -0.4 is 5.32 Å². The number of carbonyl (C=O) groups excluding carboxylic acids is 1. The molecule has 2 saturated heterocycles. The second-order valence-corrected chi connectivity index (χ2v) is 6.06. The van der Waals surface area contributed by atoms with E-state index in [9.17, 15) is 18.0 Å². The molecule has 0 aliphatic carbocycles. The van der Waals surface area contributed by atoms with Crippen LogP contribution >= 0.6 is 0 Å². The molecule has 2 fully saturated rings. The largest absolute Gasteiger partial charge is 0.490 e. The zero-order valence-electron chi connectivity index (χ0n) is 14.1. The molecule has 1 aromatic heterocycles. The van der Waals surface area contributed by atoms with E-state index >= 15 is 0 Å². The Morgan fingerprint density at radius 3 is 2.77 bits per heavy atom. The first kappa shape index (κ1) is 20.2. The van der Waals surface area contributed by atoms with Gasteiger partial charge in [0.2, 0.25) is 5.91 Å². The Labute approximate surface area is 147 Å². The van der Waals surface area contributed by atoms with Crippen LogP contribution in [-0.4, -0.2) is 65.6 Å². The van der Waals surface area contributed by atoms with E-state index in [1.54, 1.807) is 0 Å². The number of nitrogens with one attached hydrogen (secondary N) is 1. The summed E-state index contributed by atoms with van der Waals surface area (Å²) in [5, 5.41) is 14.0. The zero-order chi connectivity index (χ0) is 19.3. The molecule has 2 aliphatic rings. The van der Waals surface area contributed by atoms with Gasteiger partial charge in [0.15, 0.2) is 0 Å². The summed E-state index contributed by atoms with van der Waals surface area (Å²) in [6.45, 7) is 5.54. The molecule has 1 aromatic rings. The number of fused-ring (bicyclic) bond motifs is 1. The fraction of sp³-hybridized carbons (Fsp3) is 0.667. The highest BCUT2D eigenvalue weighted by atomic mass is 19.4. The molecule has 0 unspecified atom stereocenters. The number of aliphatic carboxylic acids is 1. The van der Waals surface area contributed by atoms with Gasteiger partial charge >= 0.3 is 12.1 Å². The Morgan fingerprint density at radius 1 is 1.50 bits per heavy atom. The van der Waals surface area contributed by atoms with Crippen LogP contribution in [-0.2, 0) is 20.9 Å². The number of alkyl halides is 3. The molecule has 11 heteroatoms. The smallest absolute Gasteiger partial charge is 0.475 e. The van der Waals surface area contributed by atoms with Crippen molar-refractivity contribution >= 4 is 11.9 Å². The van der Waals surface area contributed by atoms with Gasteiger partial charge in [-0.2, -0.15) is 13.2 Å². The molecular formula is C15H20F3N3O5. The van der Waals surface area contributed by atoms with Gasteiger partial charge in [-0.1, -0.05) is 5.16 Å². The third kappa shape index (κ3) is 5.70. The summed E-state index contributed by atoms with van der Waals surface area (Å²) in [4.78, 5) is 23.1. The predicted octanol–water partition coefficient (Wildman–Crippen LogP) is 0.953. The van der Waals surface area contributed by atoms with Gasteiger partial charge in [0.1, 0.15) is 5.76 Å². The molecule has 3 rings (SSSR count). The highest BCUT2D eigenvalue weighted by molar-refractivity contribution is 5.79. The lowest BCUT2D eigenvalue weighted by atomic mass is 9.93. The van der Waals surface area contributed by atoms with Gasteiger partial charge in [-0.15, -0.1) is 0 Å². The molecule has 8 nitrogen and oxygen atoms in total. The molecule has 0 radical (unpaired) electrons. The molecule has 2 N–H and O–H groups in total. The van der Waals surface area contributed by atoms with Crippen LogP contribution in [0.15, 0.2) is 10.6 Å². The van der Waals surface area contributed by atoms with E-state index in [4.69, 9.17) is 19.2 Å². The van der Waals surface area contributed by atoms with Crippen molar-refractivity contribution in [2.24, 2.45) is 5.92 Å². The third-order valence-electron chi connectivity index (χ3n) is 4.02. The Balaban J connectivity index is 0.000000298. The molecule has 26 heavy (non-hydrogen) atoms. The third-order valence-corrected chi connectivity index (χ3v) is 4.02. The van der Waals surface area contributed by atoms with Crippen LogP contribution in [0, 0.1) is 12.8 Å². The van der Waals surface area contributed by atoms with E-state index < -0.39 is 12.1 Å². The maximum atomic E-state index is 11.9. The number of carbonyl (C=O) groups is 2.